The smallest absolute Gasteiger partial charge is 0.247 e. The van der Waals surface area contributed by atoms with E-state index in [9.17, 15) is 4.91 Å². The van der Waals surface area contributed by atoms with Gasteiger partial charge in [0.15, 0.2) is 5.69 Å². The number of rotatable bonds is 4. The van der Waals surface area contributed by atoms with Crippen LogP contribution in [0.3, 0.4) is 0 Å². The second-order valence-corrected chi connectivity index (χ2v) is 3.08. The fourth-order valence-corrected chi connectivity index (χ4v) is 1.21. The highest BCUT2D eigenvalue weighted by molar-refractivity contribution is 5.43. The van der Waals surface area contributed by atoms with Gasteiger partial charge in [-0.15, -0.1) is 4.91 Å². The molecule has 0 radical (unpaired) electrons. The Morgan fingerprint density at radius 1 is 1.25 bits per heavy atom. The molecule has 0 bridgehead atoms. The zero-order valence-electron chi connectivity index (χ0n) is 8.41. The van der Waals surface area contributed by atoms with E-state index in [0.717, 1.165) is 5.56 Å². The summed E-state index contributed by atoms with van der Waals surface area (Å²) in [6.45, 7) is 0.348. The molecule has 0 atom stereocenters. The van der Waals surface area contributed by atoms with Gasteiger partial charge in [-0.1, -0.05) is 30.3 Å². The molecule has 0 aliphatic heterocycles. The van der Waals surface area contributed by atoms with Crippen molar-refractivity contribution in [3.8, 4) is 5.88 Å². The van der Waals surface area contributed by atoms with E-state index in [-0.39, 0.29) is 11.6 Å². The minimum absolute atomic E-state index is 0.110. The molecular weight excluding hydrogens is 206 g/mol. The Balaban J connectivity index is 2.08. The van der Waals surface area contributed by atoms with E-state index in [1.807, 2.05) is 30.3 Å². The van der Waals surface area contributed by atoms with Crippen molar-refractivity contribution in [2.45, 2.75) is 6.61 Å². The number of ether oxygens (including phenoxy) is 1. The number of nitrogens with zero attached hydrogens (tertiary/aromatic N) is 3. The van der Waals surface area contributed by atoms with E-state index in [2.05, 4.69) is 15.1 Å². The van der Waals surface area contributed by atoms with Crippen molar-refractivity contribution in [2.24, 2.45) is 5.18 Å². The Hall–Kier alpha value is -2.30. The van der Waals surface area contributed by atoms with Gasteiger partial charge in [0.05, 0.1) is 6.20 Å². The summed E-state index contributed by atoms with van der Waals surface area (Å²) in [5, 5.41) is 2.78. The lowest BCUT2D eigenvalue weighted by Crippen LogP contribution is -1.97. The third-order valence-corrected chi connectivity index (χ3v) is 1.97. The van der Waals surface area contributed by atoms with Crippen molar-refractivity contribution in [3.05, 3.63) is 53.3 Å². The lowest BCUT2D eigenvalue weighted by Gasteiger charge is -2.05. The molecule has 0 aliphatic carbocycles. The van der Waals surface area contributed by atoms with E-state index in [1.165, 1.54) is 12.5 Å². The van der Waals surface area contributed by atoms with Crippen LogP contribution in [0.5, 0.6) is 5.88 Å². The fraction of sp³-hybridized carbons (Fsp3) is 0.0909. The first-order chi connectivity index (χ1) is 7.90. The van der Waals surface area contributed by atoms with Crippen LogP contribution >= 0.6 is 0 Å². The third-order valence-electron chi connectivity index (χ3n) is 1.97. The summed E-state index contributed by atoms with van der Waals surface area (Å²) in [5.41, 5.74) is 1.11. The predicted molar refractivity (Wildman–Crippen MR) is 58.3 cm³/mol. The van der Waals surface area contributed by atoms with Crippen LogP contribution in [0.25, 0.3) is 0 Å². The molecule has 16 heavy (non-hydrogen) atoms. The van der Waals surface area contributed by atoms with Gasteiger partial charge in [-0.25, -0.2) is 4.98 Å². The number of nitroso groups, excluding NO2 is 1. The Kier molecular flexibility index (Phi) is 3.18. The zero-order chi connectivity index (χ0) is 11.2. The Bertz CT molecular complexity index is 474. The normalized spacial score (nSPS) is 9.75. The maximum atomic E-state index is 10.4. The topological polar surface area (TPSA) is 64.4 Å². The van der Waals surface area contributed by atoms with Gasteiger partial charge in [-0.3, -0.25) is 0 Å². The molecule has 0 aliphatic rings. The summed E-state index contributed by atoms with van der Waals surface area (Å²) in [6.07, 6.45) is 2.63. The van der Waals surface area contributed by atoms with Gasteiger partial charge in [0, 0.05) is 0 Å². The lowest BCUT2D eigenvalue weighted by molar-refractivity contribution is 0.294. The molecule has 1 aromatic carbocycles. The molecule has 0 fully saturated rings. The average molecular weight is 215 g/mol. The highest BCUT2D eigenvalue weighted by Gasteiger charge is 2.05. The fourth-order valence-electron chi connectivity index (χ4n) is 1.21. The van der Waals surface area contributed by atoms with E-state index in [1.54, 1.807) is 0 Å². The first kappa shape index (κ1) is 10.2. The molecule has 5 nitrogen and oxygen atoms in total. The van der Waals surface area contributed by atoms with Crippen LogP contribution in [-0.2, 0) is 6.61 Å². The van der Waals surface area contributed by atoms with E-state index >= 15 is 0 Å². The summed E-state index contributed by atoms with van der Waals surface area (Å²) in [7, 11) is 0. The monoisotopic (exact) mass is 215 g/mol. The highest BCUT2D eigenvalue weighted by Crippen LogP contribution is 2.22. The van der Waals surface area contributed by atoms with Gasteiger partial charge in [-0.2, -0.15) is 4.98 Å². The largest absolute Gasteiger partial charge is 0.471 e. The van der Waals surface area contributed by atoms with Crippen molar-refractivity contribution in [2.75, 3.05) is 0 Å². The number of aromatic nitrogens is 2. The third kappa shape index (κ3) is 2.38. The maximum Gasteiger partial charge on any atom is 0.247 e. The van der Waals surface area contributed by atoms with Gasteiger partial charge >= 0.3 is 0 Å². The number of hydrogen-bond acceptors (Lipinski definition) is 5. The van der Waals surface area contributed by atoms with Gasteiger partial charge < -0.3 is 4.74 Å². The Morgan fingerprint density at radius 3 is 2.81 bits per heavy atom. The second kappa shape index (κ2) is 4.97. The molecule has 0 spiro atoms. The molecule has 0 saturated heterocycles. The van der Waals surface area contributed by atoms with Crippen LogP contribution in [0.15, 0.2) is 48.0 Å². The molecule has 0 amide bonds. The van der Waals surface area contributed by atoms with Crippen molar-refractivity contribution in [1.82, 2.24) is 9.97 Å². The molecular formula is C11H9N3O2. The van der Waals surface area contributed by atoms with Crippen LogP contribution < -0.4 is 4.74 Å². The quantitative estimate of drug-likeness (QED) is 0.735. The van der Waals surface area contributed by atoms with Crippen molar-refractivity contribution in [1.29, 1.82) is 0 Å². The van der Waals surface area contributed by atoms with Gasteiger partial charge in [0.2, 0.25) is 5.88 Å². The number of benzene rings is 1. The molecule has 1 aromatic heterocycles. The Labute approximate surface area is 92.1 Å². The standard InChI is InChI=1S/C11H9N3O2/c15-14-10-6-12-8-13-11(10)16-7-9-4-2-1-3-5-9/h1-6,8H,7H2. The number of hydrogen-bond donors (Lipinski definition) is 0. The molecule has 80 valence electrons. The zero-order valence-corrected chi connectivity index (χ0v) is 8.41. The van der Waals surface area contributed by atoms with Crippen molar-refractivity contribution >= 4 is 5.69 Å². The van der Waals surface area contributed by atoms with E-state index < -0.39 is 0 Å². The summed E-state index contributed by atoms with van der Waals surface area (Å²) in [6, 6.07) is 9.60. The van der Waals surface area contributed by atoms with Crippen LogP contribution in [0.1, 0.15) is 5.56 Å². The predicted octanol–water partition coefficient (Wildman–Crippen LogP) is 2.45. The molecule has 0 saturated carbocycles. The molecule has 0 N–H and O–H groups in total. The second-order valence-electron chi connectivity index (χ2n) is 3.08. The minimum atomic E-state index is 0.110. The summed E-state index contributed by atoms with van der Waals surface area (Å²) in [4.78, 5) is 18.0. The average Bonchev–Trinajstić information content (AvgIpc) is 2.38. The summed E-state index contributed by atoms with van der Waals surface area (Å²) < 4.78 is 5.37. The highest BCUT2D eigenvalue weighted by atomic mass is 16.5. The molecule has 2 rings (SSSR count). The molecule has 1 heterocycles. The van der Waals surface area contributed by atoms with Crippen LogP contribution in [0.2, 0.25) is 0 Å². The molecule has 2 aromatic rings. The van der Waals surface area contributed by atoms with Crippen LogP contribution in [0.4, 0.5) is 5.69 Å². The maximum absolute atomic E-state index is 10.4. The van der Waals surface area contributed by atoms with Crippen LogP contribution in [0, 0.1) is 4.91 Å². The minimum Gasteiger partial charge on any atom is -0.471 e. The lowest BCUT2D eigenvalue weighted by atomic mass is 10.2. The van der Waals surface area contributed by atoms with Gasteiger partial charge in [0.25, 0.3) is 0 Å². The van der Waals surface area contributed by atoms with Crippen molar-refractivity contribution in [3.63, 3.8) is 0 Å². The SMILES string of the molecule is O=Nc1cncnc1OCc1ccccc1. The summed E-state index contributed by atoms with van der Waals surface area (Å²) in [5.74, 6) is 0.203. The summed E-state index contributed by atoms with van der Waals surface area (Å²) >= 11 is 0. The first-order valence-electron chi connectivity index (χ1n) is 4.70. The first-order valence-corrected chi connectivity index (χ1v) is 4.70. The van der Waals surface area contributed by atoms with Crippen molar-refractivity contribution < 1.29 is 4.74 Å². The molecule has 5 heteroatoms. The van der Waals surface area contributed by atoms with E-state index in [0.29, 0.717) is 6.61 Å². The molecule has 0 unspecified atom stereocenters. The van der Waals surface area contributed by atoms with Crippen LogP contribution in [-0.4, -0.2) is 9.97 Å². The van der Waals surface area contributed by atoms with E-state index in [4.69, 9.17) is 4.74 Å². The Morgan fingerprint density at radius 2 is 2.06 bits per heavy atom. The van der Waals surface area contributed by atoms with Gasteiger partial charge in [0.1, 0.15) is 12.9 Å². The van der Waals surface area contributed by atoms with Gasteiger partial charge in [-0.05, 0) is 10.7 Å².